The van der Waals surface area contributed by atoms with Gasteiger partial charge in [0.25, 0.3) is 0 Å². The summed E-state index contributed by atoms with van der Waals surface area (Å²) in [6.45, 7) is 3.40. The van der Waals surface area contributed by atoms with E-state index in [4.69, 9.17) is 4.74 Å². The first-order valence-corrected chi connectivity index (χ1v) is 6.92. The monoisotopic (exact) mass is 312 g/mol. The Kier molecular flexibility index (Phi) is 4.60. The molecule has 0 bridgehead atoms. The molecule has 4 nitrogen and oxygen atoms in total. The molecule has 1 aromatic rings. The number of urea groups is 1. The van der Waals surface area contributed by atoms with Gasteiger partial charge in [0.05, 0.1) is 12.6 Å². The zero-order chi connectivity index (χ0) is 13.0. The molecule has 1 aliphatic rings. The van der Waals surface area contributed by atoms with E-state index in [1.807, 2.05) is 18.2 Å². The van der Waals surface area contributed by atoms with Gasteiger partial charge < -0.3 is 15.4 Å². The summed E-state index contributed by atoms with van der Waals surface area (Å²) < 4.78 is 6.24. The number of aryl methyl sites for hydroxylation is 1. The zero-order valence-electron chi connectivity index (χ0n) is 10.3. The molecule has 2 N–H and O–H groups in total. The Balaban J connectivity index is 1.97. The second-order valence-electron chi connectivity index (χ2n) is 4.31. The highest BCUT2D eigenvalue weighted by atomic mass is 79.9. The fourth-order valence-corrected chi connectivity index (χ4v) is 2.38. The summed E-state index contributed by atoms with van der Waals surface area (Å²) in [6, 6.07) is 5.82. The Labute approximate surface area is 115 Å². The molecule has 1 aromatic carbocycles. The van der Waals surface area contributed by atoms with Crippen molar-refractivity contribution in [3.63, 3.8) is 0 Å². The van der Waals surface area contributed by atoms with Crippen LogP contribution < -0.4 is 10.6 Å². The van der Waals surface area contributed by atoms with Crippen molar-refractivity contribution in [1.82, 2.24) is 5.32 Å². The van der Waals surface area contributed by atoms with E-state index in [-0.39, 0.29) is 12.1 Å². The first-order chi connectivity index (χ1) is 8.69. The van der Waals surface area contributed by atoms with Crippen LogP contribution in [0, 0.1) is 0 Å². The van der Waals surface area contributed by atoms with Gasteiger partial charge in [-0.3, -0.25) is 0 Å². The Morgan fingerprint density at radius 3 is 3.06 bits per heavy atom. The lowest BCUT2D eigenvalue weighted by Gasteiger charge is -2.14. The largest absolute Gasteiger partial charge is 0.379 e. The van der Waals surface area contributed by atoms with Crippen molar-refractivity contribution in [2.75, 3.05) is 18.5 Å². The number of nitrogens with one attached hydrogen (secondary N) is 2. The third-order valence-electron chi connectivity index (χ3n) is 2.96. The Hall–Kier alpha value is -1.07. The third kappa shape index (κ3) is 3.46. The SMILES string of the molecule is CCc1cc(Br)ccc1NC(=O)NC1CCOC1. The van der Waals surface area contributed by atoms with Gasteiger partial charge in [-0.1, -0.05) is 22.9 Å². The molecule has 1 fully saturated rings. The highest BCUT2D eigenvalue weighted by Gasteiger charge is 2.18. The van der Waals surface area contributed by atoms with Gasteiger partial charge in [0, 0.05) is 16.8 Å². The normalized spacial score (nSPS) is 18.7. The standard InChI is InChI=1S/C13H17BrN2O2/c1-2-9-7-10(14)3-4-12(9)16-13(17)15-11-5-6-18-8-11/h3-4,7,11H,2,5-6,8H2,1H3,(H2,15,16,17). The van der Waals surface area contributed by atoms with E-state index >= 15 is 0 Å². The number of carbonyl (C=O) groups is 1. The quantitative estimate of drug-likeness (QED) is 0.901. The lowest BCUT2D eigenvalue weighted by atomic mass is 10.1. The van der Waals surface area contributed by atoms with Gasteiger partial charge in [0.15, 0.2) is 0 Å². The summed E-state index contributed by atoms with van der Waals surface area (Å²) in [5.74, 6) is 0. The smallest absolute Gasteiger partial charge is 0.319 e. The summed E-state index contributed by atoms with van der Waals surface area (Å²) in [5, 5.41) is 5.80. The number of rotatable bonds is 3. The van der Waals surface area contributed by atoms with Crippen LogP contribution in [0.3, 0.4) is 0 Å². The molecule has 0 aliphatic carbocycles. The van der Waals surface area contributed by atoms with Crippen molar-refractivity contribution in [1.29, 1.82) is 0 Å². The topological polar surface area (TPSA) is 50.4 Å². The Bertz CT molecular complexity index is 431. The molecule has 0 aromatic heterocycles. The summed E-state index contributed by atoms with van der Waals surface area (Å²) >= 11 is 3.43. The van der Waals surface area contributed by atoms with Crippen molar-refractivity contribution in [2.24, 2.45) is 0 Å². The second-order valence-corrected chi connectivity index (χ2v) is 5.23. The van der Waals surface area contributed by atoms with Crippen LogP contribution in [0.5, 0.6) is 0 Å². The number of benzene rings is 1. The molecule has 1 aliphatic heterocycles. The lowest BCUT2D eigenvalue weighted by molar-refractivity contribution is 0.189. The van der Waals surface area contributed by atoms with E-state index in [1.54, 1.807) is 0 Å². The molecule has 1 saturated heterocycles. The molecule has 0 saturated carbocycles. The summed E-state index contributed by atoms with van der Waals surface area (Å²) in [4.78, 5) is 11.8. The molecule has 2 amide bonds. The van der Waals surface area contributed by atoms with E-state index in [1.165, 1.54) is 0 Å². The van der Waals surface area contributed by atoms with E-state index < -0.39 is 0 Å². The zero-order valence-corrected chi connectivity index (χ0v) is 11.9. The molecule has 98 valence electrons. The van der Waals surface area contributed by atoms with Crippen molar-refractivity contribution in [3.05, 3.63) is 28.2 Å². The number of ether oxygens (including phenoxy) is 1. The molecule has 1 unspecified atom stereocenters. The van der Waals surface area contributed by atoms with Crippen LogP contribution in [0.2, 0.25) is 0 Å². The number of hydrogen-bond donors (Lipinski definition) is 2. The van der Waals surface area contributed by atoms with Gasteiger partial charge in [-0.05, 0) is 36.6 Å². The minimum Gasteiger partial charge on any atom is -0.379 e. The minimum atomic E-state index is -0.164. The van der Waals surface area contributed by atoms with Crippen LogP contribution in [0.4, 0.5) is 10.5 Å². The van der Waals surface area contributed by atoms with Crippen molar-refractivity contribution >= 4 is 27.6 Å². The third-order valence-corrected chi connectivity index (χ3v) is 3.45. The predicted molar refractivity (Wildman–Crippen MR) is 74.9 cm³/mol. The fourth-order valence-electron chi connectivity index (χ4n) is 1.97. The average Bonchev–Trinajstić information content (AvgIpc) is 2.84. The van der Waals surface area contributed by atoms with Gasteiger partial charge in [-0.25, -0.2) is 4.79 Å². The molecular weight excluding hydrogens is 296 g/mol. The van der Waals surface area contributed by atoms with Crippen molar-refractivity contribution < 1.29 is 9.53 Å². The van der Waals surface area contributed by atoms with Gasteiger partial charge in [-0.2, -0.15) is 0 Å². The maximum atomic E-state index is 11.8. The second kappa shape index (κ2) is 6.20. The Morgan fingerprint density at radius 2 is 2.39 bits per heavy atom. The van der Waals surface area contributed by atoms with E-state index in [0.29, 0.717) is 6.61 Å². The predicted octanol–water partition coefficient (Wildman–Crippen LogP) is 2.92. The van der Waals surface area contributed by atoms with Gasteiger partial charge in [0.1, 0.15) is 0 Å². The molecular formula is C13H17BrN2O2. The summed E-state index contributed by atoms with van der Waals surface area (Å²) in [6.07, 6.45) is 1.76. The van der Waals surface area contributed by atoms with Crippen LogP contribution in [0.25, 0.3) is 0 Å². The molecule has 0 radical (unpaired) electrons. The highest BCUT2D eigenvalue weighted by molar-refractivity contribution is 9.10. The van der Waals surface area contributed by atoms with Crippen LogP contribution in [-0.4, -0.2) is 25.3 Å². The first kappa shape index (κ1) is 13.4. The van der Waals surface area contributed by atoms with Gasteiger partial charge >= 0.3 is 6.03 Å². The van der Waals surface area contributed by atoms with Crippen LogP contribution in [0.15, 0.2) is 22.7 Å². The van der Waals surface area contributed by atoms with E-state index in [2.05, 4.69) is 33.5 Å². The van der Waals surface area contributed by atoms with E-state index in [9.17, 15) is 4.79 Å². The summed E-state index contributed by atoms with van der Waals surface area (Å²) in [5.41, 5.74) is 1.97. The average molecular weight is 313 g/mol. The van der Waals surface area contributed by atoms with Crippen LogP contribution in [-0.2, 0) is 11.2 Å². The van der Waals surface area contributed by atoms with Crippen molar-refractivity contribution in [3.8, 4) is 0 Å². The molecule has 5 heteroatoms. The molecule has 18 heavy (non-hydrogen) atoms. The number of carbonyl (C=O) groups excluding carboxylic acids is 1. The molecule has 0 spiro atoms. The van der Waals surface area contributed by atoms with Crippen molar-refractivity contribution in [2.45, 2.75) is 25.8 Å². The van der Waals surface area contributed by atoms with Crippen LogP contribution in [0.1, 0.15) is 18.9 Å². The number of anilines is 1. The lowest BCUT2D eigenvalue weighted by Crippen LogP contribution is -2.38. The molecule has 2 rings (SSSR count). The van der Waals surface area contributed by atoms with Gasteiger partial charge in [0.2, 0.25) is 0 Å². The maximum absolute atomic E-state index is 11.8. The minimum absolute atomic E-state index is 0.130. The first-order valence-electron chi connectivity index (χ1n) is 6.12. The maximum Gasteiger partial charge on any atom is 0.319 e. The number of amides is 2. The van der Waals surface area contributed by atoms with E-state index in [0.717, 1.165) is 35.2 Å². The number of hydrogen-bond acceptors (Lipinski definition) is 2. The molecule has 1 atom stereocenters. The summed E-state index contributed by atoms with van der Waals surface area (Å²) in [7, 11) is 0. The molecule has 1 heterocycles. The van der Waals surface area contributed by atoms with Gasteiger partial charge in [-0.15, -0.1) is 0 Å². The Morgan fingerprint density at radius 1 is 1.56 bits per heavy atom. The fraction of sp³-hybridized carbons (Fsp3) is 0.462. The number of halogens is 1. The highest BCUT2D eigenvalue weighted by Crippen LogP contribution is 2.21. The van der Waals surface area contributed by atoms with Crippen LogP contribution >= 0.6 is 15.9 Å².